The van der Waals surface area contributed by atoms with E-state index in [1.807, 2.05) is 0 Å². The van der Waals surface area contributed by atoms with E-state index in [9.17, 15) is 27.2 Å². The minimum Gasteiger partial charge on any atom is -0.495 e. The standard InChI is InChI=1S/C19H16F4N2O3/c1-28-14-5-4-10(19(27)25-6-2-3-7-25)8-13(14)24-18(26)11-9-12(20)16(22)17(23)15(11)21/h4-5,8-9H,2-3,6-7H2,1H3,(H,24,26). The number of anilines is 1. The molecule has 2 amide bonds. The van der Waals surface area contributed by atoms with Gasteiger partial charge in [-0.25, -0.2) is 17.6 Å². The predicted octanol–water partition coefficient (Wildman–Crippen LogP) is 3.74. The maximum Gasteiger partial charge on any atom is 0.258 e. The fourth-order valence-electron chi connectivity index (χ4n) is 2.97. The number of likely N-dealkylation sites (tertiary alicyclic amines) is 1. The van der Waals surface area contributed by atoms with Gasteiger partial charge in [-0.05, 0) is 37.1 Å². The molecule has 1 fully saturated rings. The van der Waals surface area contributed by atoms with Gasteiger partial charge in [0.05, 0.1) is 18.4 Å². The lowest BCUT2D eigenvalue weighted by Gasteiger charge is -2.17. The second kappa shape index (κ2) is 7.87. The first kappa shape index (κ1) is 19.7. The molecule has 1 N–H and O–H groups in total. The van der Waals surface area contributed by atoms with Crippen molar-refractivity contribution in [2.45, 2.75) is 12.8 Å². The van der Waals surface area contributed by atoms with Gasteiger partial charge in [0.25, 0.3) is 11.8 Å². The highest BCUT2D eigenvalue weighted by atomic mass is 19.2. The summed E-state index contributed by atoms with van der Waals surface area (Å²) in [6.07, 6.45) is 1.79. The summed E-state index contributed by atoms with van der Waals surface area (Å²) in [5, 5.41) is 2.25. The van der Waals surface area contributed by atoms with E-state index in [-0.39, 0.29) is 29.0 Å². The molecule has 1 saturated heterocycles. The van der Waals surface area contributed by atoms with Crippen molar-refractivity contribution >= 4 is 17.5 Å². The number of methoxy groups -OCH3 is 1. The average Bonchev–Trinajstić information content (AvgIpc) is 3.23. The van der Waals surface area contributed by atoms with Crippen molar-refractivity contribution in [3.8, 4) is 5.75 Å². The number of hydrogen-bond donors (Lipinski definition) is 1. The van der Waals surface area contributed by atoms with E-state index in [2.05, 4.69) is 5.32 Å². The van der Waals surface area contributed by atoms with Crippen LogP contribution >= 0.6 is 0 Å². The van der Waals surface area contributed by atoms with Gasteiger partial charge in [-0.2, -0.15) is 0 Å². The number of ether oxygens (including phenoxy) is 1. The molecular formula is C19H16F4N2O3. The van der Waals surface area contributed by atoms with Gasteiger partial charge in [0.15, 0.2) is 23.3 Å². The first-order chi connectivity index (χ1) is 13.3. The quantitative estimate of drug-likeness (QED) is 0.487. The molecule has 1 heterocycles. The highest BCUT2D eigenvalue weighted by Crippen LogP contribution is 2.28. The summed E-state index contributed by atoms with van der Waals surface area (Å²) in [6, 6.07) is 4.52. The van der Waals surface area contributed by atoms with Crippen molar-refractivity contribution in [2.75, 3.05) is 25.5 Å². The SMILES string of the molecule is COc1ccc(C(=O)N2CCCC2)cc1NC(=O)c1cc(F)c(F)c(F)c1F. The maximum absolute atomic E-state index is 13.9. The third-order valence-corrected chi connectivity index (χ3v) is 4.44. The Hall–Kier alpha value is -3.10. The van der Waals surface area contributed by atoms with Crippen LogP contribution in [0.1, 0.15) is 33.6 Å². The van der Waals surface area contributed by atoms with Crippen LogP contribution in [0.15, 0.2) is 24.3 Å². The van der Waals surface area contributed by atoms with Crippen LogP contribution in [-0.4, -0.2) is 36.9 Å². The van der Waals surface area contributed by atoms with Crippen molar-refractivity contribution in [1.82, 2.24) is 4.90 Å². The summed E-state index contributed by atoms with van der Waals surface area (Å²) in [5.74, 6) is -8.94. The summed E-state index contributed by atoms with van der Waals surface area (Å²) in [4.78, 5) is 26.5. The Morgan fingerprint density at radius 2 is 1.68 bits per heavy atom. The van der Waals surface area contributed by atoms with E-state index in [1.54, 1.807) is 4.90 Å². The molecule has 0 spiro atoms. The zero-order valence-electron chi connectivity index (χ0n) is 14.8. The van der Waals surface area contributed by atoms with Gasteiger partial charge in [0.2, 0.25) is 0 Å². The van der Waals surface area contributed by atoms with Crippen LogP contribution in [0.25, 0.3) is 0 Å². The average molecular weight is 396 g/mol. The van der Waals surface area contributed by atoms with E-state index in [4.69, 9.17) is 4.74 Å². The zero-order valence-corrected chi connectivity index (χ0v) is 14.8. The highest BCUT2D eigenvalue weighted by molar-refractivity contribution is 6.06. The highest BCUT2D eigenvalue weighted by Gasteiger charge is 2.25. The third-order valence-electron chi connectivity index (χ3n) is 4.44. The molecule has 0 saturated carbocycles. The monoisotopic (exact) mass is 396 g/mol. The fraction of sp³-hybridized carbons (Fsp3) is 0.263. The molecule has 1 aliphatic heterocycles. The Kier molecular flexibility index (Phi) is 5.53. The van der Waals surface area contributed by atoms with E-state index >= 15 is 0 Å². The first-order valence-electron chi connectivity index (χ1n) is 8.45. The molecule has 148 valence electrons. The van der Waals surface area contributed by atoms with Crippen molar-refractivity contribution in [3.05, 3.63) is 58.7 Å². The Bertz CT molecular complexity index is 943. The van der Waals surface area contributed by atoms with Crippen LogP contribution in [0.2, 0.25) is 0 Å². The Labute approximate surface area is 157 Å². The summed E-state index contributed by atoms with van der Waals surface area (Å²) in [6.45, 7) is 1.23. The molecule has 1 aliphatic rings. The normalized spacial score (nSPS) is 13.5. The molecule has 0 aromatic heterocycles. The van der Waals surface area contributed by atoms with Crippen LogP contribution in [-0.2, 0) is 0 Å². The van der Waals surface area contributed by atoms with Crippen LogP contribution in [0.5, 0.6) is 5.75 Å². The minimum absolute atomic E-state index is 0.00193. The van der Waals surface area contributed by atoms with Crippen LogP contribution in [0.3, 0.4) is 0 Å². The van der Waals surface area contributed by atoms with Gasteiger partial charge in [0.1, 0.15) is 5.75 Å². The molecule has 5 nitrogen and oxygen atoms in total. The minimum atomic E-state index is -2.09. The van der Waals surface area contributed by atoms with Gasteiger partial charge in [0, 0.05) is 18.7 Å². The molecule has 0 unspecified atom stereocenters. The molecule has 2 aromatic carbocycles. The van der Waals surface area contributed by atoms with Crippen molar-refractivity contribution in [1.29, 1.82) is 0 Å². The van der Waals surface area contributed by atoms with E-state index in [1.165, 1.54) is 25.3 Å². The number of hydrogen-bond acceptors (Lipinski definition) is 3. The number of rotatable bonds is 4. The van der Waals surface area contributed by atoms with Gasteiger partial charge in [-0.3, -0.25) is 9.59 Å². The largest absolute Gasteiger partial charge is 0.495 e. The smallest absolute Gasteiger partial charge is 0.258 e. The summed E-state index contributed by atoms with van der Waals surface area (Å²) in [5.41, 5.74) is -0.758. The maximum atomic E-state index is 13.9. The molecule has 3 rings (SSSR count). The van der Waals surface area contributed by atoms with Gasteiger partial charge in [-0.15, -0.1) is 0 Å². The van der Waals surface area contributed by atoms with E-state index in [0.29, 0.717) is 13.1 Å². The molecule has 2 aromatic rings. The molecule has 28 heavy (non-hydrogen) atoms. The zero-order chi connectivity index (χ0) is 20.4. The molecule has 0 bridgehead atoms. The lowest BCUT2D eigenvalue weighted by Crippen LogP contribution is -2.27. The topological polar surface area (TPSA) is 58.6 Å². The lowest BCUT2D eigenvalue weighted by molar-refractivity contribution is 0.0792. The Morgan fingerprint density at radius 1 is 1.00 bits per heavy atom. The number of carbonyl (C=O) groups is 2. The molecular weight excluding hydrogens is 380 g/mol. The van der Waals surface area contributed by atoms with Crippen molar-refractivity contribution < 1.29 is 31.9 Å². The molecule has 9 heteroatoms. The van der Waals surface area contributed by atoms with E-state index in [0.717, 1.165) is 12.8 Å². The fourth-order valence-corrected chi connectivity index (χ4v) is 2.97. The second-order valence-electron chi connectivity index (χ2n) is 6.22. The van der Waals surface area contributed by atoms with Crippen LogP contribution in [0, 0.1) is 23.3 Å². The third kappa shape index (κ3) is 3.64. The van der Waals surface area contributed by atoms with E-state index < -0.39 is 34.7 Å². The molecule has 0 atom stereocenters. The number of carbonyl (C=O) groups excluding carboxylic acids is 2. The Morgan fingerprint density at radius 3 is 2.32 bits per heavy atom. The number of benzene rings is 2. The molecule has 0 aliphatic carbocycles. The lowest BCUT2D eigenvalue weighted by atomic mass is 10.1. The predicted molar refractivity (Wildman–Crippen MR) is 92.4 cm³/mol. The number of nitrogens with zero attached hydrogens (tertiary/aromatic N) is 1. The second-order valence-corrected chi connectivity index (χ2v) is 6.22. The first-order valence-corrected chi connectivity index (χ1v) is 8.45. The summed E-state index contributed by atoms with van der Waals surface area (Å²) >= 11 is 0. The molecule has 0 radical (unpaired) electrons. The summed E-state index contributed by atoms with van der Waals surface area (Å²) in [7, 11) is 1.31. The van der Waals surface area contributed by atoms with Gasteiger partial charge in [-0.1, -0.05) is 0 Å². The number of amides is 2. The number of halogens is 4. The van der Waals surface area contributed by atoms with Crippen LogP contribution < -0.4 is 10.1 Å². The van der Waals surface area contributed by atoms with Crippen molar-refractivity contribution in [3.63, 3.8) is 0 Å². The Balaban J connectivity index is 1.92. The summed E-state index contributed by atoms with van der Waals surface area (Å²) < 4.78 is 58.8. The van der Waals surface area contributed by atoms with Crippen LogP contribution in [0.4, 0.5) is 23.2 Å². The number of nitrogens with one attached hydrogen (secondary N) is 1. The van der Waals surface area contributed by atoms with Gasteiger partial charge < -0.3 is 15.0 Å². The van der Waals surface area contributed by atoms with Gasteiger partial charge >= 0.3 is 0 Å². The van der Waals surface area contributed by atoms with Crippen molar-refractivity contribution in [2.24, 2.45) is 0 Å².